The molecule has 0 spiro atoms. The highest BCUT2D eigenvalue weighted by atomic mass is 16.7. The average molecular weight is 494 g/mol. The lowest BCUT2D eigenvalue weighted by Gasteiger charge is -2.32. The van der Waals surface area contributed by atoms with Crippen LogP contribution >= 0.6 is 0 Å². The monoisotopic (exact) mass is 493 g/mol. The van der Waals surface area contributed by atoms with Crippen LogP contribution in [0.5, 0.6) is 0 Å². The number of carbonyl (C=O) groups is 5. The highest BCUT2D eigenvalue weighted by Gasteiger charge is 2.64. The second kappa shape index (κ2) is 11.0. The maximum absolute atomic E-state index is 13.3. The third-order valence-electron chi connectivity index (χ3n) is 7.03. The van der Waals surface area contributed by atoms with Crippen LogP contribution in [0.1, 0.15) is 53.4 Å². The van der Waals surface area contributed by atoms with Gasteiger partial charge in [0.05, 0.1) is 6.54 Å². The van der Waals surface area contributed by atoms with Gasteiger partial charge in [-0.3, -0.25) is 24.1 Å². The number of piperazine rings is 1. The smallest absolute Gasteiger partial charge is 0.343 e. The Morgan fingerprint density at radius 2 is 1.63 bits per heavy atom. The molecule has 2 N–H and O–H groups in total. The maximum Gasteiger partial charge on any atom is 0.358 e. The number of nitrogens with zero attached hydrogens (tertiary/aromatic N) is 3. The van der Waals surface area contributed by atoms with Crippen molar-refractivity contribution in [1.82, 2.24) is 25.5 Å². The van der Waals surface area contributed by atoms with Gasteiger partial charge in [0.1, 0.15) is 11.6 Å². The van der Waals surface area contributed by atoms with Crippen molar-refractivity contribution in [2.75, 3.05) is 39.8 Å². The van der Waals surface area contributed by atoms with Crippen molar-refractivity contribution in [3.05, 3.63) is 0 Å². The molecule has 11 heteroatoms. The van der Waals surface area contributed by atoms with Crippen LogP contribution < -0.4 is 10.6 Å². The minimum Gasteiger partial charge on any atom is -0.343 e. The number of carbonyl (C=O) groups excluding carboxylic acids is 5. The summed E-state index contributed by atoms with van der Waals surface area (Å²) < 4.78 is 0. The number of hydrogen-bond acceptors (Lipinski definition) is 8. The van der Waals surface area contributed by atoms with Crippen LogP contribution in [0.4, 0.5) is 0 Å². The van der Waals surface area contributed by atoms with E-state index in [-0.39, 0.29) is 43.0 Å². The van der Waals surface area contributed by atoms with Crippen LogP contribution in [0, 0.1) is 17.8 Å². The van der Waals surface area contributed by atoms with E-state index >= 15 is 0 Å². The van der Waals surface area contributed by atoms with Gasteiger partial charge in [-0.25, -0.2) is 4.79 Å². The fraction of sp³-hybridized carbons (Fsp3) is 0.792. The molecule has 196 valence electrons. The van der Waals surface area contributed by atoms with Gasteiger partial charge in [-0.05, 0) is 37.6 Å². The second-order valence-electron chi connectivity index (χ2n) is 10.8. The molecular formula is C24H39N5O6. The summed E-state index contributed by atoms with van der Waals surface area (Å²) in [4.78, 5) is 72.5. The molecule has 0 radical (unpaired) electrons. The minimum atomic E-state index is -1.33. The van der Waals surface area contributed by atoms with Crippen molar-refractivity contribution in [3.63, 3.8) is 0 Å². The van der Waals surface area contributed by atoms with Gasteiger partial charge >= 0.3 is 5.97 Å². The number of imide groups is 1. The van der Waals surface area contributed by atoms with Crippen molar-refractivity contribution in [2.24, 2.45) is 17.8 Å². The van der Waals surface area contributed by atoms with E-state index in [1.165, 1.54) is 0 Å². The highest BCUT2D eigenvalue weighted by molar-refractivity contribution is 6.03. The molecule has 0 bridgehead atoms. The number of hydroxylamine groups is 2. The van der Waals surface area contributed by atoms with E-state index in [0.29, 0.717) is 17.9 Å². The first-order valence-electron chi connectivity index (χ1n) is 12.5. The van der Waals surface area contributed by atoms with Crippen LogP contribution in [-0.2, 0) is 28.8 Å². The Hall–Kier alpha value is -2.53. The summed E-state index contributed by atoms with van der Waals surface area (Å²) in [6.07, 6.45) is 0.736. The Labute approximate surface area is 206 Å². The quantitative estimate of drug-likeness (QED) is 0.404. The Bertz CT molecular complexity index is 837. The molecule has 2 heterocycles. The van der Waals surface area contributed by atoms with Crippen molar-refractivity contribution in [3.8, 4) is 0 Å². The van der Waals surface area contributed by atoms with E-state index in [2.05, 4.69) is 20.4 Å². The molecule has 35 heavy (non-hydrogen) atoms. The number of likely N-dealkylation sites (N-methyl/N-ethyl adjacent to an activating group) is 1. The average Bonchev–Trinajstić information content (AvgIpc) is 3.43. The lowest BCUT2D eigenvalue weighted by atomic mass is 10.0. The van der Waals surface area contributed by atoms with E-state index in [4.69, 9.17) is 4.84 Å². The summed E-state index contributed by atoms with van der Waals surface area (Å²) in [6, 6.07) is -0.817. The molecule has 2 aliphatic heterocycles. The first-order chi connectivity index (χ1) is 16.4. The Balaban J connectivity index is 1.67. The predicted molar refractivity (Wildman–Crippen MR) is 126 cm³/mol. The first kappa shape index (κ1) is 27.1. The summed E-state index contributed by atoms with van der Waals surface area (Å²) in [5.41, 5.74) is -1.33. The molecule has 0 aromatic carbocycles. The summed E-state index contributed by atoms with van der Waals surface area (Å²) in [7, 11) is 2.04. The van der Waals surface area contributed by atoms with Crippen molar-refractivity contribution >= 4 is 29.6 Å². The SMILES string of the molecule is CC(C)C[C@H](NC(=O)CN1CCN(C)CC1)C(=O)N[C@@]1(C(=O)ON2C(=O)CCC2=O)CC1C(C)C. The van der Waals surface area contributed by atoms with Gasteiger partial charge in [-0.1, -0.05) is 27.7 Å². The molecule has 0 aromatic heterocycles. The molecule has 3 atom stereocenters. The fourth-order valence-electron chi connectivity index (χ4n) is 4.80. The molecule has 3 aliphatic rings. The van der Waals surface area contributed by atoms with Gasteiger partial charge < -0.3 is 20.4 Å². The third kappa shape index (κ3) is 6.58. The highest BCUT2D eigenvalue weighted by Crippen LogP contribution is 2.49. The molecule has 2 saturated heterocycles. The molecular weight excluding hydrogens is 454 g/mol. The summed E-state index contributed by atoms with van der Waals surface area (Å²) in [5, 5.41) is 6.18. The lowest BCUT2D eigenvalue weighted by molar-refractivity contribution is -0.200. The van der Waals surface area contributed by atoms with Gasteiger partial charge in [0.25, 0.3) is 11.8 Å². The van der Waals surface area contributed by atoms with Crippen molar-refractivity contribution < 1.29 is 28.8 Å². The summed E-state index contributed by atoms with van der Waals surface area (Å²) in [6.45, 7) is 11.3. The van der Waals surface area contributed by atoms with Gasteiger partial charge in [-0.15, -0.1) is 5.06 Å². The largest absolute Gasteiger partial charge is 0.358 e. The van der Waals surface area contributed by atoms with E-state index in [1.54, 1.807) is 0 Å². The normalized spacial score (nSPS) is 26.3. The van der Waals surface area contributed by atoms with Crippen molar-refractivity contribution in [2.45, 2.75) is 65.0 Å². The van der Waals surface area contributed by atoms with Crippen LogP contribution in [0.3, 0.4) is 0 Å². The summed E-state index contributed by atoms with van der Waals surface area (Å²) in [5.74, 6) is -2.68. The number of rotatable bonds is 10. The molecule has 11 nitrogen and oxygen atoms in total. The molecule has 3 fully saturated rings. The molecule has 3 rings (SSSR count). The molecule has 1 unspecified atom stereocenters. The molecule has 4 amide bonds. The topological polar surface area (TPSA) is 128 Å². The van der Waals surface area contributed by atoms with Crippen LogP contribution in [0.25, 0.3) is 0 Å². The first-order valence-corrected chi connectivity index (χ1v) is 12.5. The number of hydrogen-bond donors (Lipinski definition) is 2. The zero-order valence-corrected chi connectivity index (χ0v) is 21.5. The van der Waals surface area contributed by atoms with E-state index in [0.717, 1.165) is 26.2 Å². The standard InChI is InChI=1S/C24H39N5O6/c1-15(2)12-18(25-19(30)14-28-10-8-27(5)9-11-28)22(33)26-24(13-17(24)16(3)4)23(34)35-29-20(31)6-7-21(29)32/h15-18H,6-14H2,1-5H3,(H,25,30)(H,26,33)/t17?,18-,24-/m0/s1. The molecule has 1 aliphatic carbocycles. The lowest BCUT2D eigenvalue weighted by Crippen LogP contribution is -2.57. The van der Waals surface area contributed by atoms with Crippen LogP contribution in [0.15, 0.2) is 0 Å². The number of amides is 4. The fourth-order valence-corrected chi connectivity index (χ4v) is 4.80. The minimum absolute atomic E-state index is 0.00508. The van der Waals surface area contributed by atoms with E-state index in [1.807, 2.05) is 34.7 Å². The van der Waals surface area contributed by atoms with Gasteiger partial charge in [0.2, 0.25) is 11.8 Å². The van der Waals surface area contributed by atoms with Crippen LogP contribution in [-0.4, -0.2) is 95.8 Å². The maximum atomic E-state index is 13.3. The predicted octanol–water partition coefficient (Wildman–Crippen LogP) is -0.0972. The van der Waals surface area contributed by atoms with Gasteiger partial charge in [0, 0.05) is 39.0 Å². The molecule has 0 aromatic rings. The van der Waals surface area contributed by atoms with Gasteiger partial charge in [-0.2, -0.15) is 0 Å². The zero-order valence-electron chi connectivity index (χ0n) is 21.5. The van der Waals surface area contributed by atoms with E-state index in [9.17, 15) is 24.0 Å². The Kier molecular flexibility index (Phi) is 8.53. The zero-order chi connectivity index (χ0) is 25.9. The summed E-state index contributed by atoms with van der Waals surface area (Å²) >= 11 is 0. The number of nitrogens with one attached hydrogen (secondary N) is 2. The Morgan fingerprint density at radius 1 is 1.03 bits per heavy atom. The third-order valence-corrected chi connectivity index (χ3v) is 7.03. The van der Waals surface area contributed by atoms with Crippen LogP contribution in [0.2, 0.25) is 0 Å². The Morgan fingerprint density at radius 3 is 2.14 bits per heavy atom. The second-order valence-corrected chi connectivity index (χ2v) is 10.8. The van der Waals surface area contributed by atoms with Crippen molar-refractivity contribution in [1.29, 1.82) is 0 Å². The van der Waals surface area contributed by atoms with Gasteiger partial charge in [0.15, 0.2) is 0 Å². The van der Waals surface area contributed by atoms with E-state index < -0.39 is 35.3 Å². The molecule has 1 saturated carbocycles.